The summed E-state index contributed by atoms with van der Waals surface area (Å²) in [6.07, 6.45) is 0.638. The van der Waals surface area contributed by atoms with Crippen LogP contribution in [-0.2, 0) is 11.3 Å². The average molecular weight is 341 g/mol. The maximum Gasteiger partial charge on any atom is 0.119 e. The van der Waals surface area contributed by atoms with Crippen molar-refractivity contribution >= 4 is 0 Å². The molecule has 4 nitrogen and oxygen atoms in total. The SMILES string of the molecule is COc1cccc(C(O)CN2CCC(COCc3ccccc3)C2)c1. The summed E-state index contributed by atoms with van der Waals surface area (Å²) in [5.41, 5.74) is 2.12. The first kappa shape index (κ1) is 17.9. The van der Waals surface area contributed by atoms with Crippen LogP contribution in [0.3, 0.4) is 0 Å². The van der Waals surface area contributed by atoms with Gasteiger partial charge in [-0.2, -0.15) is 0 Å². The minimum Gasteiger partial charge on any atom is -0.497 e. The number of hydrogen-bond acceptors (Lipinski definition) is 4. The standard InChI is InChI=1S/C21H27NO3/c1-24-20-9-5-8-19(12-20)21(23)14-22-11-10-18(13-22)16-25-15-17-6-3-2-4-7-17/h2-9,12,18,21,23H,10-11,13-16H2,1H3. The number of hydrogen-bond donors (Lipinski definition) is 1. The summed E-state index contributed by atoms with van der Waals surface area (Å²) in [6, 6.07) is 17.9. The number of rotatable bonds is 8. The zero-order valence-corrected chi connectivity index (χ0v) is 14.8. The Labute approximate surface area is 150 Å². The summed E-state index contributed by atoms with van der Waals surface area (Å²) in [4.78, 5) is 2.32. The molecule has 1 aliphatic heterocycles. The summed E-state index contributed by atoms with van der Waals surface area (Å²) in [6.45, 7) is 4.10. The number of ether oxygens (including phenoxy) is 2. The lowest BCUT2D eigenvalue weighted by atomic mass is 10.1. The van der Waals surface area contributed by atoms with Crippen LogP contribution >= 0.6 is 0 Å². The quantitative estimate of drug-likeness (QED) is 0.800. The van der Waals surface area contributed by atoms with E-state index in [9.17, 15) is 5.11 Å². The lowest BCUT2D eigenvalue weighted by Gasteiger charge is -2.20. The maximum atomic E-state index is 10.5. The van der Waals surface area contributed by atoms with Crippen LogP contribution < -0.4 is 4.74 Å². The van der Waals surface area contributed by atoms with Crippen LogP contribution in [0.2, 0.25) is 0 Å². The molecule has 25 heavy (non-hydrogen) atoms. The first-order valence-electron chi connectivity index (χ1n) is 8.90. The second-order valence-electron chi connectivity index (χ2n) is 6.71. The van der Waals surface area contributed by atoms with Crippen molar-refractivity contribution in [2.24, 2.45) is 5.92 Å². The van der Waals surface area contributed by atoms with E-state index in [1.807, 2.05) is 42.5 Å². The molecular formula is C21H27NO3. The highest BCUT2D eigenvalue weighted by molar-refractivity contribution is 5.29. The average Bonchev–Trinajstić information content (AvgIpc) is 3.10. The van der Waals surface area contributed by atoms with Gasteiger partial charge < -0.3 is 19.5 Å². The monoisotopic (exact) mass is 341 g/mol. The molecule has 2 unspecified atom stereocenters. The number of nitrogens with zero attached hydrogens (tertiary/aromatic N) is 1. The van der Waals surface area contributed by atoms with Gasteiger partial charge in [-0.15, -0.1) is 0 Å². The van der Waals surface area contributed by atoms with Crippen molar-refractivity contribution in [1.82, 2.24) is 4.90 Å². The van der Waals surface area contributed by atoms with E-state index in [0.29, 0.717) is 19.1 Å². The zero-order chi connectivity index (χ0) is 17.5. The van der Waals surface area contributed by atoms with Gasteiger partial charge in [0.15, 0.2) is 0 Å². The molecule has 1 N–H and O–H groups in total. The molecule has 2 aromatic rings. The number of aliphatic hydroxyl groups is 1. The Bertz CT molecular complexity index is 647. The molecule has 2 atom stereocenters. The highest BCUT2D eigenvalue weighted by Crippen LogP contribution is 2.23. The molecule has 1 fully saturated rings. The molecule has 1 saturated heterocycles. The normalized spacial score (nSPS) is 19.0. The summed E-state index contributed by atoms with van der Waals surface area (Å²) < 4.78 is 11.1. The largest absolute Gasteiger partial charge is 0.497 e. The highest BCUT2D eigenvalue weighted by Gasteiger charge is 2.24. The summed E-state index contributed by atoms with van der Waals surface area (Å²) >= 11 is 0. The van der Waals surface area contributed by atoms with Gasteiger partial charge in [0.05, 0.1) is 26.4 Å². The Kier molecular flexibility index (Phi) is 6.45. The molecule has 4 heteroatoms. The van der Waals surface area contributed by atoms with Crippen LogP contribution in [0.1, 0.15) is 23.7 Å². The van der Waals surface area contributed by atoms with E-state index in [4.69, 9.17) is 9.47 Å². The van der Waals surface area contributed by atoms with Crippen molar-refractivity contribution in [3.8, 4) is 5.75 Å². The molecule has 0 spiro atoms. The Morgan fingerprint density at radius 3 is 2.80 bits per heavy atom. The fourth-order valence-corrected chi connectivity index (χ4v) is 3.33. The highest BCUT2D eigenvalue weighted by atomic mass is 16.5. The molecule has 0 saturated carbocycles. The molecule has 3 rings (SSSR count). The van der Waals surface area contributed by atoms with E-state index in [-0.39, 0.29) is 0 Å². The van der Waals surface area contributed by atoms with Crippen LogP contribution in [0, 0.1) is 5.92 Å². The third-order valence-corrected chi connectivity index (χ3v) is 4.74. The van der Waals surface area contributed by atoms with Gasteiger partial charge in [0.1, 0.15) is 5.75 Å². The van der Waals surface area contributed by atoms with Gasteiger partial charge in [-0.25, -0.2) is 0 Å². The first-order valence-corrected chi connectivity index (χ1v) is 8.90. The Hall–Kier alpha value is -1.88. The third-order valence-electron chi connectivity index (χ3n) is 4.74. The van der Waals surface area contributed by atoms with Gasteiger partial charge in [0.25, 0.3) is 0 Å². The molecule has 0 aromatic heterocycles. The number of β-amino-alcohol motifs (C(OH)–C–C–N with tert-alkyl or cyclic N) is 1. The van der Waals surface area contributed by atoms with E-state index < -0.39 is 6.10 Å². The summed E-state index contributed by atoms with van der Waals surface area (Å²) in [7, 11) is 1.64. The van der Waals surface area contributed by atoms with E-state index in [0.717, 1.165) is 37.4 Å². The van der Waals surface area contributed by atoms with Crippen LogP contribution in [0.4, 0.5) is 0 Å². The minimum absolute atomic E-state index is 0.487. The van der Waals surface area contributed by atoms with E-state index in [1.165, 1.54) is 5.56 Å². The fourth-order valence-electron chi connectivity index (χ4n) is 3.33. The lowest BCUT2D eigenvalue weighted by Crippen LogP contribution is -2.27. The van der Waals surface area contributed by atoms with Gasteiger partial charge in [-0.05, 0) is 42.1 Å². The van der Waals surface area contributed by atoms with Crippen molar-refractivity contribution in [3.63, 3.8) is 0 Å². The molecule has 1 heterocycles. The van der Waals surface area contributed by atoms with Crippen molar-refractivity contribution < 1.29 is 14.6 Å². The van der Waals surface area contributed by atoms with Crippen molar-refractivity contribution in [2.45, 2.75) is 19.1 Å². The van der Waals surface area contributed by atoms with Crippen LogP contribution in [0.25, 0.3) is 0 Å². The second kappa shape index (κ2) is 8.99. The van der Waals surface area contributed by atoms with Crippen molar-refractivity contribution in [2.75, 3.05) is 33.4 Å². The van der Waals surface area contributed by atoms with Gasteiger partial charge in [0, 0.05) is 13.1 Å². The van der Waals surface area contributed by atoms with E-state index in [1.54, 1.807) is 7.11 Å². The van der Waals surface area contributed by atoms with Crippen molar-refractivity contribution in [3.05, 3.63) is 65.7 Å². The van der Waals surface area contributed by atoms with Crippen LogP contribution in [-0.4, -0.2) is 43.4 Å². The van der Waals surface area contributed by atoms with E-state index in [2.05, 4.69) is 17.0 Å². The predicted molar refractivity (Wildman–Crippen MR) is 98.6 cm³/mol. The summed E-state index contributed by atoms with van der Waals surface area (Å²) in [5.74, 6) is 1.33. The molecule has 2 aromatic carbocycles. The van der Waals surface area contributed by atoms with Crippen LogP contribution in [0.15, 0.2) is 54.6 Å². The molecule has 0 bridgehead atoms. The maximum absolute atomic E-state index is 10.5. The smallest absolute Gasteiger partial charge is 0.119 e. The fraction of sp³-hybridized carbons (Fsp3) is 0.429. The molecular weight excluding hydrogens is 314 g/mol. The van der Waals surface area contributed by atoms with Crippen LogP contribution in [0.5, 0.6) is 5.75 Å². The first-order chi connectivity index (χ1) is 12.2. The Balaban J connectivity index is 1.41. The summed E-state index contributed by atoms with van der Waals surface area (Å²) in [5, 5.41) is 10.5. The molecule has 0 aliphatic carbocycles. The van der Waals surface area contributed by atoms with Gasteiger partial charge in [0.2, 0.25) is 0 Å². The molecule has 0 amide bonds. The van der Waals surface area contributed by atoms with Gasteiger partial charge in [-0.3, -0.25) is 0 Å². The Morgan fingerprint density at radius 1 is 1.16 bits per heavy atom. The Morgan fingerprint density at radius 2 is 2.00 bits per heavy atom. The number of methoxy groups -OCH3 is 1. The number of aliphatic hydroxyl groups excluding tert-OH is 1. The van der Waals surface area contributed by atoms with Gasteiger partial charge >= 0.3 is 0 Å². The number of likely N-dealkylation sites (tertiary alicyclic amines) is 1. The molecule has 1 aliphatic rings. The van der Waals surface area contributed by atoms with E-state index >= 15 is 0 Å². The third kappa shape index (κ3) is 5.30. The van der Waals surface area contributed by atoms with Gasteiger partial charge in [-0.1, -0.05) is 42.5 Å². The van der Waals surface area contributed by atoms with Crippen molar-refractivity contribution in [1.29, 1.82) is 0 Å². The number of benzene rings is 2. The lowest BCUT2D eigenvalue weighted by molar-refractivity contribution is 0.0830. The molecule has 0 radical (unpaired) electrons. The zero-order valence-electron chi connectivity index (χ0n) is 14.8. The molecule has 134 valence electrons. The minimum atomic E-state index is -0.487. The predicted octanol–water partition coefficient (Wildman–Crippen LogP) is 3.27. The second-order valence-corrected chi connectivity index (χ2v) is 6.71. The topological polar surface area (TPSA) is 41.9 Å².